The van der Waals surface area contributed by atoms with Gasteiger partial charge in [0.15, 0.2) is 0 Å². The van der Waals surface area contributed by atoms with Crippen LogP contribution in [0.15, 0.2) is 0 Å². The van der Waals surface area contributed by atoms with Crippen LogP contribution in [0.5, 0.6) is 0 Å². The fourth-order valence-corrected chi connectivity index (χ4v) is 1.65. The molecule has 0 aromatic heterocycles. The summed E-state index contributed by atoms with van der Waals surface area (Å²) in [6.07, 6.45) is 0.437. The number of carbonyl (C=O) groups is 1. The maximum absolute atomic E-state index is 11.7. The third-order valence-electron chi connectivity index (χ3n) is 2.17. The molecule has 1 fully saturated rings. The van der Waals surface area contributed by atoms with Gasteiger partial charge in [-0.15, -0.1) is 0 Å². The molecule has 15 heavy (non-hydrogen) atoms. The largest absolute Gasteiger partial charge is 0.444 e. The highest BCUT2D eigenvalue weighted by atomic mass is 16.6. The molecule has 1 amide bonds. The Labute approximate surface area is 90.7 Å². The number of hydrogen-bond acceptors (Lipinski definition) is 4. The van der Waals surface area contributed by atoms with Gasteiger partial charge in [0.2, 0.25) is 0 Å². The summed E-state index contributed by atoms with van der Waals surface area (Å²) in [6.45, 7) is 6.59. The van der Waals surface area contributed by atoms with E-state index >= 15 is 0 Å². The average molecular weight is 215 g/mol. The van der Waals surface area contributed by atoms with E-state index < -0.39 is 5.60 Å². The summed E-state index contributed by atoms with van der Waals surface area (Å²) in [4.78, 5) is 13.3. The minimum Gasteiger partial charge on any atom is -0.444 e. The molecule has 0 saturated carbocycles. The molecule has 1 saturated heterocycles. The van der Waals surface area contributed by atoms with E-state index in [-0.39, 0.29) is 18.2 Å². The molecular formula is C10H21N3O2. The van der Waals surface area contributed by atoms with Crippen molar-refractivity contribution in [1.29, 1.82) is 0 Å². The average Bonchev–Trinajstić information content (AvgIpc) is 1.98. The van der Waals surface area contributed by atoms with Crippen molar-refractivity contribution in [2.24, 2.45) is 11.5 Å². The lowest BCUT2D eigenvalue weighted by atomic mass is 10.0. The van der Waals surface area contributed by atoms with Gasteiger partial charge in [-0.05, 0) is 27.2 Å². The molecule has 5 heteroatoms. The van der Waals surface area contributed by atoms with Crippen molar-refractivity contribution in [3.63, 3.8) is 0 Å². The standard InChI is InChI=1S/C10H21N3O2/c1-10(2,3)15-9(14)13-5-7(11)4-8(12)6-13/h7-8H,4-6,11-12H2,1-3H3/t7-,8+. The first-order chi connectivity index (χ1) is 6.78. The summed E-state index contributed by atoms with van der Waals surface area (Å²) in [5.41, 5.74) is 11.1. The summed E-state index contributed by atoms with van der Waals surface area (Å²) in [5.74, 6) is 0. The highest BCUT2D eigenvalue weighted by molar-refractivity contribution is 5.68. The van der Waals surface area contributed by atoms with Crippen molar-refractivity contribution in [3.05, 3.63) is 0 Å². The molecular weight excluding hydrogens is 194 g/mol. The molecule has 1 aliphatic rings. The van der Waals surface area contributed by atoms with Gasteiger partial charge >= 0.3 is 6.09 Å². The van der Waals surface area contributed by atoms with Gasteiger partial charge in [-0.1, -0.05) is 0 Å². The van der Waals surface area contributed by atoms with Crippen LogP contribution in [0.4, 0.5) is 4.79 Å². The summed E-state index contributed by atoms with van der Waals surface area (Å²) >= 11 is 0. The van der Waals surface area contributed by atoms with Gasteiger partial charge in [0.25, 0.3) is 0 Å². The van der Waals surface area contributed by atoms with Gasteiger partial charge < -0.3 is 21.1 Å². The fraction of sp³-hybridized carbons (Fsp3) is 0.900. The van der Waals surface area contributed by atoms with Crippen molar-refractivity contribution >= 4 is 6.09 Å². The Morgan fingerprint density at radius 3 is 2.13 bits per heavy atom. The van der Waals surface area contributed by atoms with Gasteiger partial charge in [-0.3, -0.25) is 0 Å². The number of nitrogens with two attached hydrogens (primary N) is 2. The summed E-state index contributed by atoms with van der Waals surface area (Å²) in [5, 5.41) is 0. The number of likely N-dealkylation sites (tertiary alicyclic amines) is 1. The van der Waals surface area contributed by atoms with Crippen molar-refractivity contribution in [2.45, 2.75) is 44.9 Å². The highest BCUT2D eigenvalue weighted by Gasteiger charge is 2.29. The van der Waals surface area contributed by atoms with E-state index in [4.69, 9.17) is 16.2 Å². The lowest BCUT2D eigenvalue weighted by Gasteiger charge is -2.35. The number of hydrogen-bond donors (Lipinski definition) is 2. The number of piperidine rings is 1. The monoisotopic (exact) mass is 215 g/mol. The van der Waals surface area contributed by atoms with Crippen molar-refractivity contribution in [1.82, 2.24) is 4.90 Å². The van der Waals surface area contributed by atoms with Crippen molar-refractivity contribution < 1.29 is 9.53 Å². The Bertz CT molecular complexity index is 227. The van der Waals surface area contributed by atoms with Gasteiger partial charge in [0.1, 0.15) is 5.60 Å². The van der Waals surface area contributed by atoms with Gasteiger partial charge in [0, 0.05) is 25.2 Å². The quantitative estimate of drug-likeness (QED) is 0.608. The van der Waals surface area contributed by atoms with E-state index in [9.17, 15) is 4.79 Å². The van der Waals surface area contributed by atoms with Gasteiger partial charge in [-0.2, -0.15) is 0 Å². The molecule has 0 aromatic carbocycles. The Kier molecular flexibility index (Phi) is 3.57. The maximum Gasteiger partial charge on any atom is 0.410 e. The first kappa shape index (κ1) is 12.3. The Morgan fingerprint density at radius 1 is 1.27 bits per heavy atom. The minimum absolute atomic E-state index is 0.0405. The van der Waals surface area contributed by atoms with Gasteiger partial charge in [-0.25, -0.2) is 4.79 Å². The number of amides is 1. The Morgan fingerprint density at radius 2 is 1.73 bits per heavy atom. The van der Waals surface area contributed by atoms with E-state index in [2.05, 4.69) is 0 Å². The molecule has 1 rings (SSSR count). The van der Waals surface area contributed by atoms with Crippen LogP contribution in [0.25, 0.3) is 0 Å². The second kappa shape index (κ2) is 4.37. The second-order valence-corrected chi connectivity index (χ2v) is 5.14. The Hall–Kier alpha value is -0.810. The molecule has 4 N–H and O–H groups in total. The summed E-state index contributed by atoms with van der Waals surface area (Å²) < 4.78 is 5.25. The zero-order valence-corrected chi connectivity index (χ0v) is 9.69. The number of ether oxygens (including phenoxy) is 1. The van der Waals surface area contributed by atoms with E-state index in [0.29, 0.717) is 13.1 Å². The molecule has 1 heterocycles. The van der Waals surface area contributed by atoms with E-state index in [1.165, 1.54) is 0 Å². The predicted molar refractivity (Wildman–Crippen MR) is 58.4 cm³/mol. The van der Waals surface area contributed by atoms with Crippen LogP contribution in [0.1, 0.15) is 27.2 Å². The second-order valence-electron chi connectivity index (χ2n) is 5.14. The first-order valence-electron chi connectivity index (χ1n) is 5.27. The first-order valence-corrected chi connectivity index (χ1v) is 5.27. The molecule has 88 valence electrons. The van der Waals surface area contributed by atoms with E-state index in [1.54, 1.807) is 4.90 Å². The van der Waals surface area contributed by atoms with Crippen LogP contribution >= 0.6 is 0 Å². The van der Waals surface area contributed by atoms with Crippen LogP contribution in [0.2, 0.25) is 0 Å². The van der Waals surface area contributed by atoms with Crippen LogP contribution in [0, 0.1) is 0 Å². The SMILES string of the molecule is CC(C)(C)OC(=O)N1C[C@H](N)C[C@H](N)C1. The predicted octanol–water partition coefficient (Wildman–Crippen LogP) is 0.282. The lowest BCUT2D eigenvalue weighted by Crippen LogP contribution is -2.54. The maximum atomic E-state index is 11.7. The van der Waals surface area contributed by atoms with E-state index in [1.807, 2.05) is 20.8 Å². The van der Waals surface area contributed by atoms with Gasteiger partial charge in [0.05, 0.1) is 0 Å². The molecule has 0 aromatic rings. The zero-order valence-electron chi connectivity index (χ0n) is 9.69. The normalized spacial score (nSPS) is 27.7. The molecule has 2 atom stereocenters. The summed E-state index contributed by atoms with van der Waals surface area (Å²) in [7, 11) is 0. The molecule has 0 spiro atoms. The van der Waals surface area contributed by atoms with Crippen LogP contribution in [-0.2, 0) is 4.74 Å². The number of carbonyl (C=O) groups excluding carboxylic acids is 1. The molecule has 1 aliphatic heterocycles. The summed E-state index contributed by atoms with van der Waals surface area (Å²) in [6, 6.07) is -0.0810. The molecule has 0 aliphatic carbocycles. The molecule has 0 unspecified atom stereocenters. The van der Waals surface area contributed by atoms with Crippen LogP contribution < -0.4 is 11.5 Å². The third-order valence-corrected chi connectivity index (χ3v) is 2.17. The molecule has 0 radical (unpaired) electrons. The zero-order chi connectivity index (χ0) is 11.6. The fourth-order valence-electron chi connectivity index (χ4n) is 1.65. The third kappa shape index (κ3) is 4.05. The minimum atomic E-state index is -0.470. The molecule has 0 bridgehead atoms. The van der Waals surface area contributed by atoms with Crippen molar-refractivity contribution in [3.8, 4) is 0 Å². The topological polar surface area (TPSA) is 81.6 Å². The number of nitrogens with zero attached hydrogens (tertiary/aromatic N) is 1. The molecule has 5 nitrogen and oxygen atoms in total. The van der Waals surface area contributed by atoms with Crippen LogP contribution in [0.3, 0.4) is 0 Å². The van der Waals surface area contributed by atoms with Crippen LogP contribution in [-0.4, -0.2) is 41.8 Å². The lowest BCUT2D eigenvalue weighted by molar-refractivity contribution is 0.0183. The van der Waals surface area contributed by atoms with E-state index in [0.717, 1.165) is 6.42 Å². The Balaban J connectivity index is 2.52. The van der Waals surface area contributed by atoms with Crippen molar-refractivity contribution in [2.75, 3.05) is 13.1 Å². The smallest absolute Gasteiger partial charge is 0.410 e. The number of rotatable bonds is 0. The highest BCUT2D eigenvalue weighted by Crippen LogP contribution is 2.13.